The molecule has 31 heavy (non-hydrogen) atoms. The van der Waals surface area contributed by atoms with Crippen LogP contribution in [0.5, 0.6) is 0 Å². The van der Waals surface area contributed by atoms with E-state index in [0.29, 0.717) is 19.5 Å². The molecule has 4 rings (SSSR count). The third-order valence-corrected chi connectivity index (χ3v) is 7.09. The number of carbonyl (C=O) groups excluding carboxylic acids is 2. The second kappa shape index (κ2) is 9.36. The molecular weight excluding hydrogens is 396 g/mol. The maximum Gasteiger partial charge on any atom is 0.335 e. The third kappa shape index (κ3) is 4.75. The van der Waals surface area contributed by atoms with Crippen molar-refractivity contribution in [1.29, 1.82) is 0 Å². The van der Waals surface area contributed by atoms with E-state index >= 15 is 0 Å². The Balaban J connectivity index is 1.38. The fraction of sp³-hybridized carbons (Fsp3) is 0.609. The van der Waals surface area contributed by atoms with Crippen LogP contribution in [-0.2, 0) is 16.1 Å². The molecule has 1 aromatic rings. The lowest BCUT2D eigenvalue weighted by atomic mass is 10.0. The van der Waals surface area contributed by atoms with E-state index in [-0.39, 0.29) is 35.5 Å². The van der Waals surface area contributed by atoms with Crippen molar-refractivity contribution in [2.75, 3.05) is 33.2 Å². The van der Waals surface area contributed by atoms with Gasteiger partial charge in [0.2, 0.25) is 11.8 Å². The molecule has 3 fully saturated rings. The van der Waals surface area contributed by atoms with Gasteiger partial charge in [-0.1, -0.05) is 12.1 Å². The van der Waals surface area contributed by atoms with E-state index in [2.05, 4.69) is 22.2 Å². The van der Waals surface area contributed by atoms with E-state index in [1.54, 1.807) is 12.1 Å². The number of nitrogens with one attached hydrogen (secondary N) is 1. The van der Waals surface area contributed by atoms with Crippen LogP contribution in [0.4, 0.5) is 0 Å². The summed E-state index contributed by atoms with van der Waals surface area (Å²) in [6, 6.07) is 6.90. The van der Waals surface area contributed by atoms with Crippen LogP contribution in [0.15, 0.2) is 24.3 Å². The molecule has 3 heterocycles. The number of aromatic carboxylic acids is 1. The first-order valence-corrected chi connectivity index (χ1v) is 11.3. The van der Waals surface area contributed by atoms with Crippen LogP contribution in [0.2, 0.25) is 0 Å². The van der Waals surface area contributed by atoms with E-state index in [9.17, 15) is 14.4 Å². The number of carboxylic acid groups (broad SMARTS) is 1. The summed E-state index contributed by atoms with van der Waals surface area (Å²) in [5.41, 5.74) is 1.26. The minimum Gasteiger partial charge on any atom is -0.478 e. The van der Waals surface area contributed by atoms with Gasteiger partial charge in [0.25, 0.3) is 0 Å². The number of carboxylic acids is 1. The van der Waals surface area contributed by atoms with Crippen molar-refractivity contribution >= 4 is 17.8 Å². The zero-order valence-corrected chi connectivity index (χ0v) is 18.1. The lowest BCUT2D eigenvalue weighted by Gasteiger charge is -2.33. The number of amides is 2. The van der Waals surface area contributed by atoms with Crippen LogP contribution >= 0.6 is 0 Å². The maximum absolute atomic E-state index is 12.9. The smallest absolute Gasteiger partial charge is 0.335 e. The fourth-order valence-electron chi connectivity index (χ4n) is 5.23. The summed E-state index contributed by atoms with van der Waals surface area (Å²) >= 11 is 0. The molecule has 8 heteroatoms. The van der Waals surface area contributed by atoms with Gasteiger partial charge in [-0.25, -0.2) is 4.79 Å². The number of fused-ring (bicyclic) bond motifs is 1. The van der Waals surface area contributed by atoms with Crippen molar-refractivity contribution in [3.63, 3.8) is 0 Å². The number of hydrogen-bond acceptors (Lipinski definition) is 5. The number of benzene rings is 1. The van der Waals surface area contributed by atoms with E-state index in [0.717, 1.165) is 50.9 Å². The number of carbonyl (C=O) groups is 3. The number of likely N-dealkylation sites (tertiary alicyclic amines) is 2. The van der Waals surface area contributed by atoms with Crippen LogP contribution < -0.4 is 5.32 Å². The Morgan fingerprint density at radius 2 is 1.84 bits per heavy atom. The minimum absolute atomic E-state index is 0.0462. The van der Waals surface area contributed by atoms with Crippen LogP contribution in [0.1, 0.15) is 48.0 Å². The van der Waals surface area contributed by atoms with Gasteiger partial charge in [-0.2, -0.15) is 0 Å². The first-order chi connectivity index (χ1) is 14.9. The van der Waals surface area contributed by atoms with Gasteiger partial charge in [-0.15, -0.1) is 0 Å². The second-order valence-electron chi connectivity index (χ2n) is 8.96. The Labute approximate surface area is 183 Å². The summed E-state index contributed by atoms with van der Waals surface area (Å²) in [4.78, 5) is 42.9. The molecule has 3 saturated heterocycles. The highest BCUT2D eigenvalue weighted by atomic mass is 16.4. The highest BCUT2D eigenvalue weighted by Gasteiger charge is 2.45. The van der Waals surface area contributed by atoms with Gasteiger partial charge < -0.3 is 15.3 Å². The molecule has 3 atom stereocenters. The maximum atomic E-state index is 12.9. The molecule has 1 aromatic carbocycles. The van der Waals surface area contributed by atoms with Gasteiger partial charge in [0.15, 0.2) is 0 Å². The van der Waals surface area contributed by atoms with Crippen LogP contribution in [0, 0.1) is 0 Å². The van der Waals surface area contributed by atoms with Gasteiger partial charge in [-0.3, -0.25) is 19.4 Å². The number of nitrogens with zero attached hydrogens (tertiary/aromatic N) is 3. The molecule has 8 nitrogen and oxygen atoms in total. The Morgan fingerprint density at radius 1 is 1.13 bits per heavy atom. The molecule has 0 bridgehead atoms. The molecule has 0 saturated carbocycles. The average molecular weight is 429 g/mol. The molecule has 0 aliphatic carbocycles. The summed E-state index contributed by atoms with van der Waals surface area (Å²) in [7, 11) is 2.08. The second-order valence-corrected chi connectivity index (χ2v) is 8.96. The van der Waals surface area contributed by atoms with Gasteiger partial charge >= 0.3 is 5.97 Å². The topological polar surface area (TPSA) is 93.2 Å². The summed E-state index contributed by atoms with van der Waals surface area (Å²) in [6.07, 6.45) is 4.39. The lowest BCUT2D eigenvalue weighted by Crippen LogP contribution is -2.49. The predicted octanol–water partition coefficient (Wildman–Crippen LogP) is 1.16. The van der Waals surface area contributed by atoms with E-state index in [4.69, 9.17) is 5.11 Å². The van der Waals surface area contributed by atoms with Gasteiger partial charge in [0.1, 0.15) is 6.04 Å². The summed E-state index contributed by atoms with van der Waals surface area (Å²) in [5, 5.41) is 12.2. The molecule has 2 N–H and O–H groups in total. The SMILES string of the molecule is CN1[C@@H](CCC(=O)N2CCCC2)CNC(=O)[C@@H]2[C@@H]1CCN2Cc1ccc(C(=O)O)cc1. The van der Waals surface area contributed by atoms with Gasteiger partial charge in [0, 0.05) is 51.2 Å². The van der Waals surface area contributed by atoms with Crippen molar-refractivity contribution in [2.24, 2.45) is 0 Å². The fourth-order valence-corrected chi connectivity index (χ4v) is 5.23. The molecule has 3 aliphatic heterocycles. The van der Waals surface area contributed by atoms with Crippen LogP contribution in [0.25, 0.3) is 0 Å². The van der Waals surface area contributed by atoms with Crippen LogP contribution in [0.3, 0.4) is 0 Å². The summed E-state index contributed by atoms with van der Waals surface area (Å²) in [5.74, 6) is -0.660. The minimum atomic E-state index is -0.938. The summed E-state index contributed by atoms with van der Waals surface area (Å²) in [6.45, 7) is 3.75. The Kier molecular flexibility index (Phi) is 6.57. The number of rotatable bonds is 6. The number of hydrogen-bond donors (Lipinski definition) is 2. The van der Waals surface area contributed by atoms with Gasteiger partial charge in [0.05, 0.1) is 5.56 Å². The van der Waals surface area contributed by atoms with Crippen molar-refractivity contribution < 1.29 is 19.5 Å². The zero-order chi connectivity index (χ0) is 22.0. The quantitative estimate of drug-likeness (QED) is 0.706. The average Bonchev–Trinajstić information content (AvgIpc) is 3.41. The van der Waals surface area contributed by atoms with Crippen LogP contribution in [-0.4, -0.2) is 88.9 Å². The molecule has 0 spiro atoms. The van der Waals surface area contributed by atoms with E-state index < -0.39 is 5.97 Å². The lowest BCUT2D eigenvalue weighted by molar-refractivity contribution is -0.130. The highest BCUT2D eigenvalue weighted by molar-refractivity contribution is 5.87. The Hall–Kier alpha value is -2.45. The van der Waals surface area contributed by atoms with Crippen molar-refractivity contribution in [1.82, 2.24) is 20.0 Å². The Bertz CT molecular complexity index is 821. The largest absolute Gasteiger partial charge is 0.478 e. The van der Waals surface area contributed by atoms with Crippen molar-refractivity contribution in [2.45, 2.75) is 56.8 Å². The molecule has 0 aromatic heterocycles. The number of likely N-dealkylation sites (N-methyl/N-ethyl adjacent to an activating group) is 1. The molecule has 0 unspecified atom stereocenters. The first-order valence-electron chi connectivity index (χ1n) is 11.3. The third-order valence-electron chi connectivity index (χ3n) is 7.09. The van der Waals surface area contributed by atoms with E-state index in [1.165, 1.54) is 0 Å². The molecular formula is C23H32N4O4. The normalized spacial score (nSPS) is 27.1. The van der Waals surface area contributed by atoms with Gasteiger partial charge in [-0.05, 0) is 50.4 Å². The van der Waals surface area contributed by atoms with Crippen molar-refractivity contribution in [3.8, 4) is 0 Å². The predicted molar refractivity (Wildman–Crippen MR) is 116 cm³/mol. The molecule has 3 aliphatic rings. The van der Waals surface area contributed by atoms with E-state index in [1.807, 2.05) is 17.0 Å². The summed E-state index contributed by atoms with van der Waals surface area (Å²) < 4.78 is 0. The molecule has 0 radical (unpaired) electrons. The van der Waals surface area contributed by atoms with Crippen molar-refractivity contribution in [3.05, 3.63) is 35.4 Å². The first kappa shape index (κ1) is 21.8. The molecule has 2 amide bonds. The zero-order valence-electron chi connectivity index (χ0n) is 18.1. The highest BCUT2D eigenvalue weighted by Crippen LogP contribution is 2.29. The Morgan fingerprint density at radius 3 is 2.52 bits per heavy atom. The monoisotopic (exact) mass is 428 g/mol. The molecule has 168 valence electrons. The standard InChI is InChI=1S/C23H32N4O4/c1-25-18(8-9-20(28)26-11-2-3-12-26)14-24-22(29)21-19(25)10-13-27(21)15-16-4-6-17(7-5-16)23(30)31/h4-7,18-19,21H,2-3,8-15H2,1H3,(H,24,29)(H,30,31)/t18-,19-,21-/m0/s1.